The molecule has 0 unspecified atom stereocenters. The maximum Gasteiger partial charge on any atom is 0.119 e. The lowest BCUT2D eigenvalue weighted by Gasteiger charge is -2.20. The topological polar surface area (TPSA) is 30.5 Å². The lowest BCUT2D eigenvalue weighted by atomic mass is 9.88. The van der Waals surface area contributed by atoms with Crippen LogP contribution in [0, 0.1) is 5.92 Å². The first-order valence-electron chi connectivity index (χ1n) is 10.6. The second kappa shape index (κ2) is 11.8. The van der Waals surface area contributed by atoms with Crippen molar-refractivity contribution < 1.29 is 9.47 Å². The van der Waals surface area contributed by atoms with Crippen molar-refractivity contribution in [2.24, 2.45) is 5.92 Å². The molecule has 2 aromatic rings. The lowest BCUT2D eigenvalue weighted by molar-refractivity contribution is 0.242. The molecular formula is C25H37NO2. The quantitative estimate of drug-likeness (QED) is 0.444. The van der Waals surface area contributed by atoms with Gasteiger partial charge in [0.1, 0.15) is 11.5 Å². The number of nitrogens with one attached hydrogen (secondary N) is 1. The Morgan fingerprint density at radius 3 is 2.00 bits per heavy atom. The van der Waals surface area contributed by atoms with Gasteiger partial charge >= 0.3 is 0 Å². The number of rotatable bonds is 12. The molecule has 2 rings (SSSR count). The summed E-state index contributed by atoms with van der Waals surface area (Å²) >= 11 is 0. The summed E-state index contributed by atoms with van der Waals surface area (Å²) in [5.41, 5.74) is 2.71. The van der Waals surface area contributed by atoms with Crippen LogP contribution < -0.4 is 14.8 Å². The summed E-state index contributed by atoms with van der Waals surface area (Å²) in [6.45, 7) is 10.6. The Kier molecular flexibility index (Phi) is 9.36. The smallest absolute Gasteiger partial charge is 0.119 e. The van der Waals surface area contributed by atoms with Crippen LogP contribution in [-0.4, -0.2) is 19.8 Å². The molecule has 0 bridgehead atoms. The third-order valence-electron chi connectivity index (χ3n) is 4.97. The number of hydrogen-bond acceptors (Lipinski definition) is 3. The van der Waals surface area contributed by atoms with Gasteiger partial charge in [-0.25, -0.2) is 0 Å². The Labute approximate surface area is 171 Å². The van der Waals surface area contributed by atoms with Crippen molar-refractivity contribution in [2.45, 2.75) is 65.5 Å². The predicted octanol–water partition coefficient (Wildman–Crippen LogP) is 6.18. The van der Waals surface area contributed by atoms with Gasteiger partial charge in [-0.1, -0.05) is 44.5 Å². The third-order valence-corrected chi connectivity index (χ3v) is 4.97. The van der Waals surface area contributed by atoms with Gasteiger partial charge in [0.15, 0.2) is 0 Å². The summed E-state index contributed by atoms with van der Waals surface area (Å²) in [7, 11) is 1.70. The highest BCUT2D eigenvalue weighted by Crippen LogP contribution is 2.28. The van der Waals surface area contributed by atoms with Gasteiger partial charge in [0.2, 0.25) is 0 Å². The molecule has 0 aliphatic heterocycles. The largest absolute Gasteiger partial charge is 0.497 e. The van der Waals surface area contributed by atoms with E-state index in [-0.39, 0.29) is 6.10 Å². The fourth-order valence-corrected chi connectivity index (χ4v) is 3.36. The summed E-state index contributed by atoms with van der Waals surface area (Å²) in [6.07, 6.45) is 3.84. The normalized spacial score (nSPS) is 12.4. The number of methoxy groups -OCH3 is 1. The van der Waals surface area contributed by atoms with E-state index in [1.54, 1.807) is 7.11 Å². The van der Waals surface area contributed by atoms with Crippen molar-refractivity contribution in [1.82, 2.24) is 5.32 Å². The first-order chi connectivity index (χ1) is 13.5. The summed E-state index contributed by atoms with van der Waals surface area (Å²) in [6, 6.07) is 17.0. The van der Waals surface area contributed by atoms with Crippen LogP contribution in [0.2, 0.25) is 0 Å². The molecule has 3 nitrogen and oxygen atoms in total. The maximum absolute atomic E-state index is 5.79. The SMILES string of the molecule is COc1ccc(CNCC[C@@H](CCC(C)C)c2ccc(OC(C)C)cc2)cc1. The first kappa shape index (κ1) is 22.3. The Bertz CT molecular complexity index is 662. The van der Waals surface area contributed by atoms with Gasteiger partial charge in [0, 0.05) is 6.54 Å². The minimum atomic E-state index is 0.213. The molecule has 0 aliphatic rings. The average molecular weight is 384 g/mol. The van der Waals surface area contributed by atoms with Crippen LogP contribution >= 0.6 is 0 Å². The zero-order valence-electron chi connectivity index (χ0n) is 18.2. The van der Waals surface area contributed by atoms with Gasteiger partial charge < -0.3 is 14.8 Å². The van der Waals surface area contributed by atoms with Crippen LogP contribution in [-0.2, 0) is 6.54 Å². The molecule has 154 valence electrons. The monoisotopic (exact) mass is 383 g/mol. The molecular weight excluding hydrogens is 346 g/mol. The minimum absolute atomic E-state index is 0.213. The zero-order chi connectivity index (χ0) is 20.4. The van der Waals surface area contributed by atoms with E-state index in [1.807, 2.05) is 12.1 Å². The Morgan fingerprint density at radius 1 is 0.786 bits per heavy atom. The molecule has 0 saturated carbocycles. The van der Waals surface area contributed by atoms with Gasteiger partial charge in [-0.3, -0.25) is 0 Å². The Morgan fingerprint density at radius 2 is 1.43 bits per heavy atom. The van der Waals surface area contributed by atoms with Crippen LogP contribution in [0.3, 0.4) is 0 Å². The van der Waals surface area contributed by atoms with Gasteiger partial charge in [-0.05, 0) is 80.5 Å². The Balaban J connectivity index is 1.88. The van der Waals surface area contributed by atoms with E-state index >= 15 is 0 Å². The van der Waals surface area contributed by atoms with Crippen molar-refractivity contribution in [1.29, 1.82) is 0 Å². The maximum atomic E-state index is 5.79. The van der Waals surface area contributed by atoms with Crippen LogP contribution in [0.15, 0.2) is 48.5 Å². The third kappa shape index (κ3) is 7.93. The molecule has 1 atom stereocenters. The molecule has 1 N–H and O–H groups in total. The van der Waals surface area contributed by atoms with Gasteiger partial charge in [0.05, 0.1) is 13.2 Å². The lowest BCUT2D eigenvalue weighted by Crippen LogP contribution is -2.17. The van der Waals surface area contributed by atoms with E-state index in [0.29, 0.717) is 5.92 Å². The summed E-state index contributed by atoms with van der Waals surface area (Å²) in [4.78, 5) is 0. The average Bonchev–Trinajstić information content (AvgIpc) is 2.68. The number of hydrogen-bond donors (Lipinski definition) is 1. The molecule has 28 heavy (non-hydrogen) atoms. The standard InChI is InChI=1S/C25H37NO2/c1-19(2)6-9-23(22-10-14-25(15-11-22)28-20(3)4)16-17-26-18-21-7-12-24(27-5)13-8-21/h7-8,10-15,19-20,23,26H,6,9,16-18H2,1-5H3/t23-/m1/s1. The number of ether oxygens (including phenoxy) is 2. The highest BCUT2D eigenvalue weighted by atomic mass is 16.5. The summed E-state index contributed by atoms with van der Waals surface area (Å²) < 4.78 is 11.0. The van der Waals surface area contributed by atoms with Crippen molar-refractivity contribution in [3.63, 3.8) is 0 Å². The van der Waals surface area contributed by atoms with Crippen molar-refractivity contribution in [2.75, 3.05) is 13.7 Å². The molecule has 0 fully saturated rings. The fourth-order valence-electron chi connectivity index (χ4n) is 3.36. The second-order valence-electron chi connectivity index (χ2n) is 8.22. The van der Waals surface area contributed by atoms with Crippen molar-refractivity contribution >= 4 is 0 Å². The van der Waals surface area contributed by atoms with Crippen molar-refractivity contribution in [3.05, 3.63) is 59.7 Å². The molecule has 0 aliphatic carbocycles. The fraction of sp³-hybridized carbons (Fsp3) is 0.520. The van der Waals surface area contributed by atoms with E-state index in [1.165, 1.54) is 24.0 Å². The summed E-state index contributed by atoms with van der Waals surface area (Å²) in [5, 5.41) is 3.60. The van der Waals surface area contributed by atoms with E-state index in [2.05, 4.69) is 69.4 Å². The van der Waals surface area contributed by atoms with E-state index in [4.69, 9.17) is 9.47 Å². The molecule has 3 heteroatoms. The predicted molar refractivity (Wildman–Crippen MR) is 118 cm³/mol. The molecule has 0 aromatic heterocycles. The molecule has 0 saturated heterocycles. The highest BCUT2D eigenvalue weighted by molar-refractivity contribution is 5.30. The number of benzene rings is 2. The van der Waals surface area contributed by atoms with Gasteiger partial charge in [-0.15, -0.1) is 0 Å². The molecule has 0 heterocycles. The van der Waals surface area contributed by atoms with Crippen molar-refractivity contribution in [3.8, 4) is 11.5 Å². The van der Waals surface area contributed by atoms with Crippen LogP contribution in [0.5, 0.6) is 11.5 Å². The minimum Gasteiger partial charge on any atom is -0.497 e. The van der Waals surface area contributed by atoms with E-state index < -0.39 is 0 Å². The summed E-state index contributed by atoms with van der Waals surface area (Å²) in [5.74, 6) is 3.18. The molecule has 2 aromatic carbocycles. The van der Waals surface area contributed by atoms with Crippen LogP contribution in [0.1, 0.15) is 64.0 Å². The highest BCUT2D eigenvalue weighted by Gasteiger charge is 2.13. The zero-order valence-corrected chi connectivity index (χ0v) is 18.2. The van der Waals surface area contributed by atoms with E-state index in [9.17, 15) is 0 Å². The molecule has 0 radical (unpaired) electrons. The van der Waals surface area contributed by atoms with Crippen LogP contribution in [0.25, 0.3) is 0 Å². The van der Waals surface area contributed by atoms with Gasteiger partial charge in [0.25, 0.3) is 0 Å². The first-order valence-corrected chi connectivity index (χ1v) is 10.6. The van der Waals surface area contributed by atoms with Crippen LogP contribution in [0.4, 0.5) is 0 Å². The Hall–Kier alpha value is -2.00. The molecule has 0 amide bonds. The second-order valence-corrected chi connectivity index (χ2v) is 8.22. The molecule has 0 spiro atoms. The van der Waals surface area contributed by atoms with Gasteiger partial charge in [-0.2, -0.15) is 0 Å². The van der Waals surface area contributed by atoms with E-state index in [0.717, 1.165) is 36.9 Å².